The molecule has 0 saturated carbocycles. The van der Waals surface area contributed by atoms with Gasteiger partial charge in [0.05, 0.1) is 18.5 Å². The molecule has 4 rings (SSSR count). The average molecular weight is 394 g/mol. The Hall–Kier alpha value is -3.21. The second-order valence-corrected chi connectivity index (χ2v) is 6.24. The van der Waals surface area contributed by atoms with Crippen molar-refractivity contribution in [1.82, 2.24) is 24.3 Å². The van der Waals surface area contributed by atoms with Crippen molar-refractivity contribution < 1.29 is 22.7 Å². The Morgan fingerprint density at radius 3 is 2.79 bits per heavy atom. The van der Waals surface area contributed by atoms with Crippen LogP contribution < -0.4 is 5.32 Å². The fraction of sp³-hybridized carbons (Fsp3) is 0.235. The number of hydrogen-bond acceptors (Lipinski definition) is 5. The molecule has 0 aliphatic carbocycles. The zero-order chi connectivity index (χ0) is 20.1. The third-order valence-electron chi connectivity index (χ3n) is 4.38. The Morgan fingerprint density at radius 2 is 2.07 bits per heavy atom. The van der Waals surface area contributed by atoms with Gasteiger partial charge in [0.25, 0.3) is 0 Å². The summed E-state index contributed by atoms with van der Waals surface area (Å²) in [5.41, 5.74) is 1.83. The van der Waals surface area contributed by atoms with Gasteiger partial charge in [-0.15, -0.1) is 0 Å². The minimum Gasteiger partial charge on any atom is -0.390 e. The van der Waals surface area contributed by atoms with Crippen molar-refractivity contribution in [3.8, 4) is 11.1 Å². The van der Waals surface area contributed by atoms with Crippen molar-refractivity contribution in [3.63, 3.8) is 0 Å². The maximum Gasteiger partial charge on any atom is 0.408 e. The smallest absolute Gasteiger partial charge is 0.390 e. The summed E-state index contributed by atoms with van der Waals surface area (Å²) in [6.45, 7) is 0.656. The van der Waals surface area contributed by atoms with E-state index in [1.165, 1.54) is 22.9 Å². The molecule has 0 unspecified atom stereocenters. The van der Waals surface area contributed by atoms with Crippen molar-refractivity contribution in [2.24, 2.45) is 0 Å². The molecule has 0 aliphatic heterocycles. The molecular weight excluding hydrogens is 380 g/mol. The van der Waals surface area contributed by atoms with Crippen LogP contribution in [0.5, 0.6) is 0 Å². The average Bonchev–Trinajstić information content (AvgIpc) is 3.24. The summed E-state index contributed by atoms with van der Waals surface area (Å²) in [6, 6.07) is -0.529. The molecule has 4 heterocycles. The topological polar surface area (TPSA) is 91.1 Å². The predicted octanol–water partition coefficient (Wildman–Crippen LogP) is 3.27. The number of aliphatic hydroxyl groups excluding tert-OH is 1. The van der Waals surface area contributed by atoms with Gasteiger partial charge < -0.3 is 15.4 Å². The zero-order valence-electron chi connectivity index (χ0n) is 14.4. The van der Waals surface area contributed by atoms with Crippen LogP contribution in [0.2, 0.25) is 0 Å². The summed E-state index contributed by atoms with van der Waals surface area (Å²) in [5, 5.41) is 12.1. The highest BCUT2D eigenvalue weighted by Crippen LogP contribution is 2.30. The van der Waals surface area contributed by atoms with E-state index in [9.17, 15) is 22.7 Å². The second kappa shape index (κ2) is 6.44. The number of alkyl halides is 3. The molecule has 7 nitrogen and oxygen atoms in total. The highest BCUT2D eigenvalue weighted by molar-refractivity contribution is 5.93. The molecule has 0 aliphatic rings. The highest BCUT2D eigenvalue weighted by Gasteiger charge is 2.36. The monoisotopic (exact) mass is 394 g/mol. The molecule has 3 N–H and O–H groups in total. The molecule has 0 spiro atoms. The van der Waals surface area contributed by atoms with Gasteiger partial charge in [0, 0.05) is 35.1 Å². The van der Waals surface area contributed by atoms with Gasteiger partial charge in [-0.05, 0) is 13.0 Å². The van der Waals surface area contributed by atoms with E-state index in [2.05, 4.69) is 25.3 Å². The Bertz CT molecular complexity index is 1170. The standard InChI is InChI=1S/C17H14F4N6O/c1-8(17(19,20)21)25-16-24-5-12-11(4-22-14(12)26-16)9-2-13(18)15-23-3-10(7-28)27(15)6-9/h2-6,8,28H,7H2,1H3,(H2,22,24,25,26)/t8-/m0/s1. The van der Waals surface area contributed by atoms with Gasteiger partial charge in [-0.3, -0.25) is 4.40 Å². The van der Waals surface area contributed by atoms with E-state index in [-0.39, 0.29) is 18.2 Å². The van der Waals surface area contributed by atoms with E-state index >= 15 is 0 Å². The van der Waals surface area contributed by atoms with Crippen LogP contribution in [0.25, 0.3) is 27.8 Å². The summed E-state index contributed by atoms with van der Waals surface area (Å²) in [5.74, 6) is -0.755. The molecule has 4 aromatic heterocycles. The molecule has 146 valence electrons. The van der Waals surface area contributed by atoms with Gasteiger partial charge >= 0.3 is 6.18 Å². The van der Waals surface area contributed by atoms with Crippen molar-refractivity contribution in [3.05, 3.63) is 42.4 Å². The molecule has 11 heteroatoms. The van der Waals surface area contributed by atoms with Gasteiger partial charge in [0.2, 0.25) is 5.95 Å². The van der Waals surface area contributed by atoms with Gasteiger partial charge in [-0.25, -0.2) is 14.4 Å². The molecular formula is C17H14F4N6O. The van der Waals surface area contributed by atoms with Crippen molar-refractivity contribution in [1.29, 1.82) is 0 Å². The number of fused-ring (bicyclic) bond motifs is 2. The van der Waals surface area contributed by atoms with Crippen LogP contribution in [-0.2, 0) is 6.61 Å². The van der Waals surface area contributed by atoms with E-state index < -0.39 is 18.0 Å². The number of nitrogens with one attached hydrogen (secondary N) is 2. The first-order chi connectivity index (χ1) is 13.3. The van der Waals surface area contributed by atoms with Gasteiger partial charge in [0.15, 0.2) is 11.5 Å². The molecule has 0 bridgehead atoms. The number of H-pyrrole nitrogens is 1. The number of aliphatic hydroxyl groups is 1. The molecule has 1 atom stereocenters. The first-order valence-electron chi connectivity index (χ1n) is 8.22. The summed E-state index contributed by atoms with van der Waals surface area (Å²) in [6.07, 6.45) is 1.48. The Labute approximate surface area is 155 Å². The number of halogens is 4. The number of hydrogen-bond donors (Lipinski definition) is 3. The molecule has 0 aromatic carbocycles. The number of aromatic nitrogens is 5. The first-order valence-corrected chi connectivity index (χ1v) is 8.22. The van der Waals surface area contributed by atoms with Crippen LogP contribution in [0, 0.1) is 5.82 Å². The van der Waals surface area contributed by atoms with Crippen LogP contribution in [0.3, 0.4) is 0 Å². The van der Waals surface area contributed by atoms with Gasteiger partial charge in [-0.2, -0.15) is 18.2 Å². The molecule has 28 heavy (non-hydrogen) atoms. The number of imidazole rings is 1. The Kier molecular flexibility index (Phi) is 4.18. The lowest BCUT2D eigenvalue weighted by molar-refractivity contribution is -0.138. The number of nitrogens with zero attached hydrogens (tertiary/aromatic N) is 4. The fourth-order valence-electron chi connectivity index (χ4n) is 2.85. The summed E-state index contributed by atoms with van der Waals surface area (Å²) < 4.78 is 53.9. The lowest BCUT2D eigenvalue weighted by Gasteiger charge is -2.16. The zero-order valence-corrected chi connectivity index (χ0v) is 14.4. The first kappa shape index (κ1) is 18.2. The Morgan fingerprint density at radius 1 is 1.29 bits per heavy atom. The fourth-order valence-corrected chi connectivity index (χ4v) is 2.85. The highest BCUT2D eigenvalue weighted by atomic mass is 19.4. The predicted molar refractivity (Wildman–Crippen MR) is 93.1 cm³/mol. The molecule has 0 radical (unpaired) electrons. The van der Waals surface area contributed by atoms with Crippen LogP contribution in [0.15, 0.2) is 30.9 Å². The van der Waals surface area contributed by atoms with E-state index in [1.54, 1.807) is 12.4 Å². The third kappa shape index (κ3) is 3.03. The maximum absolute atomic E-state index is 14.4. The molecule has 0 amide bonds. The molecule has 0 fully saturated rings. The summed E-state index contributed by atoms with van der Waals surface area (Å²) in [4.78, 5) is 14.8. The van der Waals surface area contributed by atoms with Crippen LogP contribution in [0.4, 0.5) is 23.5 Å². The van der Waals surface area contributed by atoms with Crippen molar-refractivity contribution >= 4 is 22.6 Å². The van der Waals surface area contributed by atoms with Crippen LogP contribution in [-0.4, -0.2) is 41.7 Å². The number of pyridine rings is 1. The van der Waals surface area contributed by atoms with Gasteiger partial charge in [-0.1, -0.05) is 0 Å². The van der Waals surface area contributed by atoms with E-state index in [0.29, 0.717) is 27.9 Å². The van der Waals surface area contributed by atoms with Gasteiger partial charge in [0.1, 0.15) is 11.7 Å². The quantitative estimate of drug-likeness (QED) is 0.462. The van der Waals surface area contributed by atoms with E-state index in [0.717, 1.165) is 6.92 Å². The lowest BCUT2D eigenvalue weighted by Crippen LogP contribution is -2.33. The molecule has 4 aromatic rings. The third-order valence-corrected chi connectivity index (χ3v) is 4.38. The number of aromatic amines is 1. The largest absolute Gasteiger partial charge is 0.408 e. The minimum atomic E-state index is -4.43. The maximum atomic E-state index is 14.4. The van der Waals surface area contributed by atoms with E-state index in [4.69, 9.17) is 0 Å². The SMILES string of the molecule is C[C@H](Nc1ncc2c(-c3cc(F)c4ncc(CO)n4c3)c[nH]c2n1)C(F)(F)F. The summed E-state index contributed by atoms with van der Waals surface area (Å²) >= 11 is 0. The normalized spacial score (nSPS) is 13.4. The Balaban J connectivity index is 1.75. The lowest BCUT2D eigenvalue weighted by atomic mass is 10.1. The second-order valence-electron chi connectivity index (χ2n) is 6.24. The van der Waals surface area contributed by atoms with E-state index in [1.807, 2.05) is 0 Å². The minimum absolute atomic E-state index is 0.0801. The van der Waals surface area contributed by atoms with Crippen molar-refractivity contribution in [2.75, 3.05) is 5.32 Å². The molecule has 0 saturated heterocycles. The van der Waals surface area contributed by atoms with Crippen LogP contribution in [0.1, 0.15) is 12.6 Å². The number of anilines is 1. The summed E-state index contributed by atoms with van der Waals surface area (Å²) in [7, 11) is 0. The van der Waals surface area contributed by atoms with Crippen LogP contribution >= 0.6 is 0 Å². The number of rotatable bonds is 4. The van der Waals surface area contributed by atoms with Crippen molar-refractivity contribution in [2.45, 2.75) is 25.7 Å².